The Balaban J connectivity index is 3.24. The number of benzene rings is 1. The molecule has 0 N–H and O–H groups in total. The predicted octanol–water partition coefficient (Wildman–Crippen LogP) is 4.44. The van der Waals surface area contributed by atoms with E-state index in [-0.39, 0.29) is 0 Å². The summed E-state index contributed by atoms with van der Waals surface area (Å²) < 4.78 is 0.965. The van der Waals surface area contributed by atoms with Gasteiger partial charge in [0.25, 0.3) is 0 Å². The minimum Gasteiger partial charge on any atom is -0.193 e. The van der Waals surface area contributed by atoms with Crippen molar-refractivity contribution in [2.75, 3.05) is 0 Å². The summed E-state index contributed by atoms with van der Waals surface area (Å²) in [5, 5.41) is 9.76. The van der Waals surface area contributed by atoms with Crippen LogP contribution in [0.3, 0.4) is 0 Å². The lowest BCUT2D eigenvalue weighted by Crippen LogP contribution is -1.83. The second-order valence-electron chi connectivity index (χ2n) is 2.68. The molecule has 0 fully saturated rings. The topological polar surface area (TPSA) is 23.8 Å². The van der Waals surface area contributed by atoms with Gasteiger partial charge in [-0.3, -0.25) is 0 Å². The van der Waals surface area contributed by atoms with Crippen LogP contribution in [0.15, 0.2) is 23.8 Å². The largest absolute Gasteiger partial charge is 0.193 e. The quantitative estimate of drug-likeness (QED) is 0.549. The molecule has 0 amide bonds. The lowest BCUT2D eigenvalue weighted by Gasteiger charge is -2.02. The maximum Gasteiger partial charge on any atom is 0.0959 e. The zero-order valence-corrected chi connectivity index (χ0v) is 11.0. The predicted molar refractivity (Wildman–Crippen MR) is 68.2 cm³/mol. The minimum atomic E-state index is 0.450. The minimum absolute atomic E-state index is 0.450. The number of nitrogens with zero attached hydrogens (tertiary/aromatic N) is 1. The molecule has 0 bridgehead atoms. The SMILES string of the molecule is C/C(C#N)=C(/Cl)c1ccc(I)c(Cl)c1. The molecule has 0 saturated heterocycles. The standard InChI is InChI=1S/C10H6Cl2IN/c1-6(5-14)10(12)7-2-3-9(13)8(11)4-7/h2-4H,1H3/b10-6-. The first-order chi connectivity index (χ1) is 6.56. The maximum absolute atomic E-state index is 8.66. The van der Waals surface area contributed by atoms with E-state index in [0.29, 0.717) is 15.6 Å². The van der Waals surface area contributed by atoms with Crippen molar-refractivity contribution >= 4 is 50.8 Å². The van der Waals surface area contributed by atoms with Crippen molar-refractivity contribution in [3.05, 3.63) is 37.9 Å². The van der Waals surface area contributed by atoms with Gasteiger partial charge in [0, 0.05) is 9.14 Å². The summed E-state index contributed by atoms with van der Waals surface area (Å²) in [6.07, 6.45) is 0. The van der Waals surface area contributed by atoms with Crippen molar-refractivity contribution in [2.45, 2.75) is 6.92 Å². The zero-order chi connectivity index (χ0) is 10.7. The summed E-state index contributed by atoms with van der Waals surface area (Å²) in [5.41, 5.74) is 1.26. The van der Waals surface area contributed by atoms with E-state index in [4.69, 9.17) is 28.5 Å². The molecule has 1 rings (SSSR count). The van der Waals surface area contributed by atoms with E-state index >= 15 is 0 Å². The van der Waals surface area contributed by atoms with Crippen molar-refractivity contribution in [3.63, 3.8) is 0 Å². The molecule has 0 aliphatic rings. The molecule has 0 aromatic heterocycles. The van der Waals surface area contributed by atoms with Gasteiger partial charge in [0.2, 0.25) is 0 Å². The Hall–Kier alpha value is -0.240. The van der Waals surface area contributed by atoms with Crippen LogP contribution in [-0.4, -0.2) is 0 Å². The second-order valence-corrected chi connectivity index (χ2v) is 4.63. The normalized spacial score (nSPS) is 11.9. The lowest BCUT2D eigenvalue weighted by molar-refractivity contribution is 1.45. The van der Waals surface area contributed by atoms with Gasteiger partial charge in [-0.15, -0.1) is 0 Å². The van der Waals surface area contributed by atoms with Gasteiger partial charge in [-0.1, -0.05) is 29.3 Å². The molecule has 0 spiro atoms. The van der Waals surface area contributed by atoms with Crippen LogP contribution in [0.5, 0.6) is 0 Å². The highest BCUT2D eigenvalue weighted by molar-refractivity contribution is 14.1. The Morgan fingerprint density at radius 1 is 1.50 bits per heavy atom. The molecule has 1 aromatic rings. The number of rotatable bonds is 1. The molecule has 0 radical (unpaired) electrons. The van der Waals surface area contributed by atoms with Crippen molar-refractivity contribution in [1.82, 2.24) is 0 Å². The van der Waals surface area contributed by atoms with Gasteiger partial charge in [0.15, 0.2) is 0 Å². The van der Waals surface area contributed by atoms with Crippen molar-refractivity contribution in [2.24, 2.45) is 0 Å². The van der Waals surface area contributed by atoms with Gasteiger partial charge in [-0.05, 0) is 47.2 Å². The molecule has 0 atom stereocenters. The fourth-order valence-corrected chi connectivity index (χ4v) is 1.57. The number of hydrogen-bond donors (Lipinski definition) is 0. The summed E-state index contributed by atoms with van der Waals surface area (Å²) in [5.74, 6) is 0. The van der Waals surface area contributed by atoms with E-state index in [2.05, 4.69) is 22.6 Å². The van der Waals surface area contributed by atoms with Crippen LogP contribution >= 0.6 is 45.8 Å². The molecule has 4 heteroatoms. The van der Waals surface area contributed by atoms with Crippen molar-refractivity contribution in [1.29, 1.82) is 5.26 Å². The van der Waals surface area contributed by atoms with Gasteiger partial charge >= 0.3 is 0 Å². The molecular formula is C10H6Cl2IN. The maximum atomic E-state index is 8.66. The average molecular weight is 338 g/mol. The fourth-order valence-electron chi connectivity index (χ4n) is 0.898. The smallest absolute Gasteiger partial charge is 0.0959 e. The molecule has 72 valence electrons. The Labute approximate surface area is 106 Å². The third-order valence-corrected chi connectivity index (χ3v) is 3.74. The molecule has 0 heterocycles. The molecule has 0 saturated carbocycles. The molecular weight excluding hydrogens is 332 g/mol. The van der Waals surface area contributed by atoms with Crippen molar-refractivity contribution < 1.29 is 0 Å². The average Bonchev–Trinajstić information content (AvgIpc) is 2.20. The van der Waals surface area contributed by atoms with E-state index in [0.717, 1.165) is 9.13 Å². The summed E-state index contributed by atoms with van der Waals surface area (Å²) in [6.45, 7) is 1.67. The molecule has 0 aliphatic carbocycles. The van der Waals surface area contributed by atoms with Gasteiger partial charge in [0.1, 0.15) is 0 Å². The number of nitriles is 1. The van der Waals surface area contributed by atoms with Crippen LogP contribution in [0.1, 0.15) is 12.5 Å². The van der Waals surface area contributed by atoms with E-state index in [1.165, 1.54) is 0 Å². The Morgan fingerprint density at radius 2 is 2.14 bits per heavy atom. The Morgan fingerprint density at radius 3 is 2.64 bits per heavy atom. The van der Waals surface area contributed by atoms with E-state index in [1.54, 1.807) is 13.0 Å². The van der Waals surface area contributed by atoms with Gasteiger partial charge in [-0.2, -0.15) is 5.26 Å². The lowest BCUT2D eigenvalue weighted by atomic mass is 10.1. The third kappa shape index (κ3) is 2.63. The van der Waals surface area contributed by atoms with Crippen LogP contribution in [0.4, 0.5) is 0 Å². The first-order valence-electron chi connectivity index (χ1n) is 3.78. The van der Waals surface area contributed by atoms with Crippen molar-refractivity contribution in [3.8, 4) is 6.07 Å². The van der Waals surface area contributed by atoms with E-state index < -0.39 is 0 Å². The van der Waals surface area contributed by atoms with Crippen LogP contribution in [0, 0.1) is 14.9 Å². The van der Waals surface area contributed by atoms with Gasteiger partial charge < -0.3 is 0 Å². The number of allylic oxidation sites excluding steroid dienone is 1. The van der Waals surface area contributed by atoms with Gasteiger partial charge in [-0.25, -0.2) is 0 Å². The van der Waals surface area contributed by atoms with E-state index in [1.807, 2.05) is 18.2 Å². The Bertz CT molecular complexity index is 432. The van der Waals surface area contributed by atoms with E-state index in [9.17, 15) is 0 Å². The first kappa shape index (κ1) is 11.8. The number of hydrogen-bond acceptors (Lipinski definition) is 1. The molecule has 0 unspecified atom stereocenters. The summed E-state index contributed by atoms with van der Waals surface area (Å²) in [4.78, 5) is 0. The molecule has 1 aromatic carbocycles. The van der Waals surface area contributed by atoms with Crippen LogP contribution in [0.2, 0.25) is 5.02 Å². The Kier molecular flexibility index (Phi) is 4.24. The molecule has 0 aliphatic heterocycles. The van der Waals surface area contributed by atoms with Crippen LogP contribution in [-0.2, 0) is 0 Å². The molecule has 14 heavy (non-hydrogen) atoms. The zero-order valence-electron chi connectivity index (χ0n) is 7.31. The number of halogens is 3. The summed E-state index contributed by atoms with van der Waals surface area (Å²) >= 11 is 14.0. The molecule has 1 nitrogen and oxygen atoms in total. The second kappa shape index (κ2) is 5.01. The summed E-state index contributed by atoms with van der Waals surface area (Å²) in [7, 11) is 0. The highest BCUT2D eigenvalue weighted by Gasteiger charge is 2.05. The van der Waals surface area contributed by atoms with Gasteiger partial charge in [0.05, 0.1) is 16.1 Å². The van der Waals surface area contributed by atoms with Crippen LogP contribution in [0.25, 0.3) is 5.03 Å². The van der Waals surface area contributed by atoms with Crippen LogP contribution < -0.4 is 0 Å². The fraction of sp³-hybridized carbons (Fsp3) is 0.100. The third-order valence-electron chi connectivity index (χ3n) is 1.67. The summed E-state index contributed by atoms with van der Waals surface area (Å²) in [6, 6.07) is 7.47. The highest BCUT2D eigenvalue weighted by Crippen LogP contribution is 2.27. The first-order valence-corrected chi connectivity index (χ1v) is 5.61. The highest BCUT2D eigenvalue weighted by atomic mass is 127. The monoisotopic (exact) mass is 337 g/mol.